The summed E-state index contributed by atoms with van der Waals surface area (Å²) >= 11 is 0. The zero-order chi connectivity index (χ0) is 19.8. The number of hydrogen-bond acceptors (Lipinski definition) is 3. The van der Waals surface area contributed by atoms with E-state index in [1.54, 1.807) is 6.08 Å². The van der Waals surface area contributed by atoms with E-state index in [2.05, 4.69) is 36.5 Å². The number of para-hydroxylation sites is 1. The number of nitrogens with one attached hydrogen (secondary N) is 1. The Balaban J connectivity index is 2.09. The Morgan fingerprint density at radius 1 is 0.929 bits per heavy atom. The monoisotopic (exact) mass is 371 g/mol. The zero-order valence-corrected chi connectivity index (χ0v) is 16.3. The lowest BCUT2D eigenvalue weighted by atomic mass is 9.91. The maximum Gasteiger partial charge on any atom is 0.331 e. The van der Waals surface area contributed by atoms with E-state index in [0.717, 1.165) is 22.4 Å². The Morgan fingerprint density at radius 3 is 2.14 bits per heavy atom. The fraction of sp³-hybridized carbons (Fsp3) is 0.160. The summed E-state index contributed by atoms with van der Waals surface area (Å²) in [6, 6.07) is 28.1. The molecule has 1 unspecified atom stereocenters. The molecular formula is C25H25NO2. The fourth-order valence-corrected chi connectivity index (χ4v) is 3.08. The van der Waals surface area contributed by atoms with Crippen LogP contribution >= 0.6 is 0 Å². The number of hydrogen-bond donors (Lipinski definition) is 1. The fourth-order valence-electron chi connectivity index (χ4n) is 3.08. The molecular weight excluding hydrogens is 346 g/mol. The van der Waals surface area contributed by atoms with Crippen molar-refractivity contribution >= 4 is 17.2 Å². The predicted molar refractivity (Wildman–Crippen MR) is 115 cm³/mol. The smallest absolute Gasteiger partial charge is 0.331 e. The second kappa shape index (κ2) is 9.56. The number of anilines is 1. The summed E-state index contributed by atoms with van der Waals surface area (Å²) in [5, 5.41) is 3.58. The molecule has 1 N–H and O–H groups in total. The summed E-state index contributed by atoms with van der Waals surface area (Å²) in [5.41, 5.74) is 5.10. The van der Waals surface area contributed by atoms with Crippen molar-refractivity contribution in [1.82, 2.24) is 0 Å². The van der Waals surface area contributed by atoms with Gasteiger partial charge in [0.2, 0.25) is 0 Å². The molecule has 3 heteroatoms. The molecule has 3 rings (SSSR count). The summed E-state index contributed by atoms with van der Waals surface area (Å²) in [5.74, 6) is -0.340. The van der Waals surface area contributed by atoms with E-state index in [0.29, 0.717) is 6.61 Å². The van der Waals surface area contributed by atoms with Crippen LogP contribution < -0.4 is 5.32 Å². The number of carbonyl (C=O) groups is 1. The second-order valence-electron chi connectivity index (χ2n) is 6.57. The number of aryl methyl sites for hydroxylation is 1. The van der Waals surface area contributed by atoms with Crippen molar-refractivity contribution in [2.24, 2.45) is 0 Å². The number of rotatable bonds is 7. The molecule has 3 aromatic carbocycles. The molecule has 0 aliphatic heterocycles. The summed E-state index contributed by atoms with van der Waals surface area (Å²) in [6.45, 7) is 4.22. The highest BCUT2D eigenvalue weighted by Gasteiger charge is 2.20. The minimum Gasteiger partial charge on any atom is -0.463 e. The van der Waals surface area contributed by atoms with Crippen LogP contribution in [0.2, 0.25) is 0 Å². The van der Waals surface area contributed by atoms with E-state index in [1.165, 1.54) is 5.56 Å². The van der Waals surface area contributed by atoms with Crippen molar-refractivity contribution < 1.29 is 9.53 Å². The third-order valence-corrected chi connectivity index (χ3v) is 4.47. The first-order valence-electron chi connectivity index (χ1n) is 9.49. The number of ether oxygens (including phenoxy) is 1. The first-order valence-corrected chi connectivity index (χ1v) is 9.49. The molecule has 0 aliphatic rings. The second-order valence-corrected chi connectivity index (χ2v) is 6.57. The minimum absolute atomic E-state index is 0.199. The Labute approximate surface area is 166 Å². The number of esters is 1. The van der Waals surface area contributed by atoms with E-state index in [9.17, 15) is 4.79 Å². The summed E-state index contributed by atoms with van der Waals surface area (Å²) < 4.78 is 5.21. The van der Waals surface area contributed by atoms with Crippen molar-refractivity contribution in [1.29, 1.82) is 0 Å². The van der Waals surface area contributed by atoms with Crippen LogP contribution in [0.25, 0.3) is 5.57 Å². The molecule has 0 saturated heterocycles. The average Bonchev–Trinajstić information content (AvgIpc) is 2.73. The topological polar surface area (TPSA) is 38.3 Å². The molecule has 0 radical (unpaired) electrons. The molecule has 0 heterocycles. The first kappa shape index (κ1) is 19.4. The third kappa shape index (κ3) is 5.10. The van der Waals surface area contributed by atoms with Crippen molar-refractivity contribution in [3.63, 3.8) is 0 Å². The normalized spacial score (nSPS) is 12.3. The van der Waals surface area contributed by atoms with Crippen LogP contribution in [-0.2, 0) is 9.53 Å². The molecule has 3 nitrogen and oxygen atoms in total. The van der Waals surface area contributed by atoms with Crippen LogP contribution in [0.4, 0.5) is 5.69 Å². The van der Waals surface area contributed by atoms with E-state index in [1.807, 2.05) is 67.6 Å². The third-order valence-electron chi connectivity index (χ3n) is 4.47. The molecule has 0 saturated carbocycles. The first-order chi connectivity index (χ1) is 13.7. The molecule has 0 amide bonds. The summed E-state index contributed by atoms with van der Waals surface area (Å²) in [4.78, 5) is 12.3. The van der Waals surface area contributed by atoms with Gasteiger partial charge in [0.1, 0.15) is 0 Å². The van der Waals surface area contributed by atoms with Gasteiger partial charge in [-0.3, -0.25) is 0 Å². The maximum absolute atomic E-state index is 12.3. The van der Waals surface area contributed by atoms with Crippen molar-refractivity contribution in [3.05, 3.63) is 108 Å². The van der Waals surface area contributed by atoms with Crippen molar-refractivity contribution in [3.8, 4) is 0 Å². The van der Waals surface area contributed by atoms with E-state index in [-0.39, 0.29) is 12.0 Å². The van der Waals surface area contributed by atoms with Crippen LogP contribution in [0.3, 0.4) is 0 Å². The zero-order valence-electron chi connectivity index (χ0n) is 16.3. The van der Waals surface area contributed by atoms with Gasteiger partial charge in [0.25, 0.3) is 0 Å². The Morgan fingerprint density at radius 2 is 1.54 bits per heavy atom. The van der Waals surface area contributed by atoms with Crippen LogP contribution in [-0.4, -0.2) is 12.6 Å². The van der Waals surface area contributed by atoms with Gasteiger partial charge in [-0.15, -0.1) is 0 Å². The molecule has 0 fully saturated rings. The highest BCUT2D eigenvalue weighted by molar-refractivity contribution is 5.93. The van der Waals surface area contributed by atoms with E-state index >= 15 is 0 Å². The summed E-state index contributed by atoms with van der Waals surface area (Å²) in [7, 11) is 0. The molecule has 0 aromatic heterocycles. The van der Waals surface area contributed by atoms with Crippen LogP contribution in [0.15, 0.2) is 91.0 Å². The Hall–Kier alpha value is -3.33. The molecule has 0 bridgehead atoms. The highest BCUT2D eigenvalue weighted by Crippen LogP contribution is 2.33. The van der Waals surface area contributed by atoms with Gasteiger partial charge in [-0.05, 0) is 42.7 Å². The van der Waals surface area contributed by atoms with Gasteiger partial charge in [0, 0.05) is 11.8 Å². The lowest BCUT2D eigenvalue weighted by Gasteiger charge is -2.24. The molecule has 0 aliphatic carbocycles. The quantitative estimate of drug-likeness (QED) is 0.422. The van der Waals surface area contributed by atoms with Crippen LogP contribution in [0, 0.1) is 6.92 Å². The molecule has 0 spiro atoms. The van der Waals surface area contributed by atoms with Gasteiger partial charge in [0.15, 0.2) is 0 Å². The van der Waals surface area contributed by atoms with Crippen molar-refractivity contribution in [2.75, 3.05) is 11.9 Å². The SMILES string of the molecule is CCOC(=O)/C=C(\c1ccccc1)C(Nc1ccccc1)c1ccc(C)cc1. The largest absolute Gasteiger partial charge is 0.463 e. The predicted octanol–water partition coefficient (Wildman–Crippen LogP) is 5.79. The van der Waals surface area contributed by atoms with Gasteiger partial charge in [-0.1, -0.05) is 78.4 Å². The highest BCUT2D eigenvalue weighted by atomic mass is 16.5. The molecule has 142 valence electrons. The molecule has 1 atom stereocenters. The standard InChI is InChI=1S/C25H25NO2/c1-3-28-24(27)18-23(20-10-6-4-7-11-20)25(21-16-14-19(2)15-17-21)26-22-12-8-5-9-13-22/h4-18,25-26H,3H2,1-2H3/b23-18+. The molecule has 28 heavy (non-hydrogen) atoms. The minimum atomic E-state index is -0.340. The molecule has 3 aromatic rings. The van der Waals surface area contributed by atoms with Crippen molar-refractivity contribution in [2.45, 2.75) is 19.9 Å². The van der Waals surface area contributed by atoms with E-state index < -0.39 is 0 Å². The van der Waals surface area contributed by atoms with Gasteiger partial charge >= 0.3 is 5.97 Å². The maximum atomic E-state index is 12.3. The lowest BCUT2D eigenvalue weighted by molar-refractivity contribution is -0.137. The average molecular weight is 371 g/mol. The van der Waals surface area contributed by atoms with Gasteiger partial charge in [0.05, 0.1) is 12.6 Å². The Bertz CT molecular complexity index is 916. The van der Waals surface area contributed by atoms with Gasteiger partial charge in [-0.2, -0.15) is 0 Å². The lowest BCUT2D eigenvalue weighted by Crippen LogP contribution is -2.15. The number of carbonyl (C=O) groups excluding carboxylic acids is 1. The van der Waals surface area contributed by atoms with Gasteiger partial charge in [-0.25, -0.2) is 4.79 Å². The van der Waals surface area contributed by atoms with E-state index in [4.69, 9.17) is 4.74 Å². The van der Waals surface area contributed by atoms with Gasteiger partial charge < -0.3 is 10.1 Å². The summed E-state index contributed by atoms with van der Waals surface area (Å²) in [6.07, 6.45) is 1.60. The van der Waals surface area contributed by atoms with Crippen LogP contribution in [0.1, 0.15) is 29.7 Å². The Kier molecular flexibility index (Phi) is 6.64. The number of benzene rings is 3. The van der Waals surface area contributed by atoms with Crippen LogP contribution in [0.5, 0.6) is 0 Å².